The fourth-order valence-electron chi connectivity index (χ4n) is 1.39. The first kappa shape index (κ1) is 27.3. The van der Waals surface area contributed by atoms with Crippen molar-refractivity contribution in [2.75, 3.05) is 0 Å². The molecule has 0 aromatic carbocycles. The van der Waals surface area contributed by atoms with Gasteiger partial charge < -0.3 is 20.1 Å². The van der Waals surface area contributed by atoms with Gasteiger partial charge in [-0.25, -0.2) is 4.79 Å². The minimum absolute atomic E-state index is 0. The van der Waals surface area contributed by atoms with Gasteiger partial charge in [-0.3, -0.25) is 4.99 Å². The molecule has 0 aromatic heterocycles. The van der Waals surface area contributed by atoms with E-state index in [4.69, 9.17) is 5.11 Å². The van der Waals surface area contributed by atoms with Crippen LogP contribution in [-0.2, 0) is 9.59 Å². The van der Waals surface area contributed by atoms with E-state index in [0.29, 0.717) is 0 Å². The zero-order valence-corrected chi connectivity index (χ0v) is 19.2. The number of hydrogen-bond donors (Lipinski definition) is 1. The van der Waals surface area contributed by atoms with E-state index in [9.17, 15) is 19.8 Å². The Morgan fingerprint density at radius 2 is 1.86 bits per heavy atom. The molecule has 0 aromatic rings. The maximum Gasteiger partial charge on any atom is 1.00 e. The quantitative estimate of drug-likeness (QED) is 0.183. The average molecular weight is 347 g/mol. The second-order valence-electron chi connectivity index (χ2n) is 4.13. The van der Waals surface area contributed by atoms with Gasteiger partial charge in [0, 0.05) is 5.97 Å². The molecule has 0 saturated carbocycles. The summed E-state index contributed by atoms with van der Waals surface area (Å²) in [6.45, 7) is 2.07. The molecule has 6 nitrogen and oxygen atoms in total. The molecule has 0 aliphatic heterocycles. The summed E-state index contributed by atoms with van der Waals surface area (Å²) in [5, 5.41) is 30.4. The number of carboxylic acid groups (broad SMARTS) is 2. The Morgan fingerprint density at radius 3 is 2.33 bits per heavy atom. The van der Waals surface area contributed by atoms with Crippen molar-refractivity contribution in [3.8, 4) is 0 Å². The van der Waals surface area contributed by atoms with E-state index in [2.05, 4.69) is 11.9 Å². The molecule has 0 fully saturated rings. The molecule has 0 radical (unpaired) electrons. The number of hydrogen-bond acceptors (Lipinski definition) is 5. The summed E-state index contributed by atoms with van der Waals surface area (Å²) in [5.74, 6) is -3.32. The van der Waals surface area contributed by atoms with Gasteiger partial charge in [-0.05, 0) is 31.6 Å². The topological polar surface area (TPSA) is 113 Å². The van der Waals surface area contributed by atoms with E-state index in [1.165, 1.54) is 6.08 Å². The summed E-state index contributed by atoms with van der Waals surface area (Å²) >= 11 is 0. The molecule has 0 aliphatic carbocycles. The molecule has 0 unspecified atom stereocenters. The van der Waals surface area contributed by atoms with Crippen LogP contribution in [-0.4, -0.2) is 29.0 Å². The summed E-state index contributed by atoms with van der Waals surface area (Å²) in [5.41, 5.74) is 0. The third-order valence-electron chi connectivity index (χ3n) is 2.42. The first-order valence-corrected chi connectivity index (χ1v) is 6.31. The molecule has 0 saturated heterocycles. The summed E-state index contributed by atoms with van der Waals surface area (Å²) in [7, 11) is 0. The minimum atomic E-state index is -1.36. The number of carbonyl (C=O) groups is 2. The molecule has 0 amide bonds. The molecule has 1 N–H and O–H groups in total. The summed E-state index contributed by atoms with van der Waals surface area (Å²) < 4.78 is 0. The smallest absolute Gasteiger partial charge is 0.859 e. The van der Waals surface area contributed by atoms with Crippen LogP contribution in [0.3, 0.4) is 0 Å². The third kappa shape index (κ3) is 17.6. The molecule has 21 heavy (non-hydrogen) atoms. The van der Waals surface area contributed by atoms with Crippen LogP contribution in [0.5, 0.6) is 0 Å². The standard InChI is InChI=1S/C13H21NO5.2K/c1-2-3-4-5-6-7-11(15)14-10(13(18)19)8-9-12(16)17;;/h6-7,10H,2-5,8-9H2,1H3,(H,14,15)(H,16,17)(H,18,19);;/q;2*+1/p-2/b7-6+;;/t10-;;/m0../s1. The molecule has 8 heteroatoms. The van der Waals surface area contributed by atoms with Gasteiger partial charge in [0.05, 0.1) is 0 Å². The van der Waals surface area contributed by atoms with Gasteiger partial charge >= 0.3 is 109 Å². The van der Waals surface area contributed by atoms with Crippen molar-refractivity contribution < 1.29 is 128 Å². The number of aliphatic imine (C=N–C) groups is 1. The summed E-state index contributed by atoms with van der Waals surface area (Å²) in [4.78, 5) is 24.5. The number of rotatable bonds is 10. The second kappa shape index (κ2) is 17.8. The van der Waals surface area contributed by atoms with Crippen molar-refractivity contribution in [3.63, 3.8) is 0 Å². The van der Waals surface area contributed by atoms with Crippen molar-refractivity contribution in [2.45, 2.75) is 51.5 Å². The van der Waals surface area contributed by atoms with Crippen LogP contribution in [0.2, 0.25) is 0 Å². The minimum Gasteiger partial charge on any atom is -0.859 e. The van der Waals surface area contributed by atoms with E-state index in [0.717, 1.165) is 25.7 Å². The molecule has 108 valence electrons. The molecule has 0 heterocycles. The fourth-order valence-corrected chi connectivity index (χ4v) is 1.39. The number of allylic oxidation sites excluding steroid dienone is 1. The monoisotopic (exact) mass is 347 g/mol. The van der Waals surface area contributed by atoms with Crippen molar-refractivity contribution in [2.24, 2.45) is 4.99 Å². The molecular formula is C13H19K2NO5. The van der Waals surface area contributed by atoms with Crippen LogP contribution < -0.4 is 113 Å². The molecule has 0 bridgehead atoms. The van der Waals surface area contributed by atoms with E-state index < -0.39 is 30.3 Å². The number of aliphatic carboxylic acids is 2. The van der Waals surface area contributed by atoms with Crippen molar-refractivity contribution in [1.82, 2.24) is 0 Å². The number of carboxylic acids is 2. The van der Waals surface area contributed by atoms with Gasteiger partial charge in [0.2, 0.25) is 0 Å². The Hall–Kier alpha value is 1.42. The van der Waals surface area contributed by atoms with E-state index in [-0.39, 0.29) is 109 Å². The Labute approximate surface area is 210 Å². The predicted octanol–water partition coefficient (Wildman–Crippen LogP) is -6.13. The van der Waals surface area contributed by atoms with Crippen LogP contribution in [0, 0.1) is 0 Å². The van der Waals surface area contributed by atoms with Crippen LogP contribution in [0.15, 0.2) is 17.1 Å². The predicted molar refractivity (Wildman–Crippen MR) is 66.4 cm³/mol. The average Bonchev–Trinajstić information content (AvgIpc) is 2.33. The van der Waals surface area contributed by atoms with Gasteiger partial charge in [0.25, 0.3) is 0 Å². The maximum absolute atomic E-state index is 11.4. The molecular weight excluding hydrogens is 328 g/mol. The van der Waals surface area contributed by atoms with Crippen molar-refractivity contribution in [1.29, 1.82) is 0 Å². The fraction of sp³-hybridized carbons (Fsp3) is 0.615. The SMILES string of the molecule is CCCCC/C=C/C([O-])=N[C@@H](CCC(=O)[O-])C(=O)O.[K+].[K+]. The van der Waals surface area contributed by atoms with Gasteiger partial charge in [-0.2, -0.15) is 0 Å². The zero-order valence-electron chi connectivity index (χ0n) is 13.0. The van der Waals surface area contributed by atoms with E-state index >= 15 is 0 Å². The number of unbranched alkanes of at least 4 members (excludes halogenated alkanes) is 3. The molecule has 0 spiro atoms. The molecule has 0 rings (SSSR count). The van der Waals surface area contributed by atoms with Gasteiger partial charge in [-0.1, -0.05) is 31.9 Å². The van der Waals surface area contributed by atoms with Gasteiger partial charge in [0.15, 0.2) is 0 Å². The normalized spacial score (nSPS) is 12.3. The third-order valence-corrected chi connectivity index (χ3v) is 2.42. The molecule has 1 atom stereocenters. The van der Waals surface area contributed by atoms with Gasteiger partial charge in [0.1, 0.15) is 6.04 Å². The van der Waals surface area contributed by atoms with E-state index in [1.807, 2.05) is 0 Å². The van der Waals surface area contributed by atoms with Crippen molar-refractivity contribution >= 4 is 17.8 Å². The second-order valence-corrected chi connectivity index (χ2v) is 4.13. The van der Waals surface area contributed by atoms with Crippen LogP contribution >= 0.6 is 0 Å². The summed E-state index contributed by atoms with van der Waals surface area (Å²) in [6, 6.07) is -1.33. The number of carbonyl (C=O) groups excluding carboxylic acids is 1. The van der Waals surface area contributed by atoms with Crippen LogP contribution in [0.4, 0.5) is 0 Å². The zero-order chi connectivity index (χ0) is 14.7. The van der Waals surface area contributed by atoms with Crippen LogP contribution in [0.1, 0.15) is 45.4 Å². The Bertz CT molecular complexity index is 358. The molecule has 0 aliphatic rings. The largest absolute Gasteiger partial charge is 1.00 e. The first-order chi connectivity index (χ1) is 8.97. The van der Waals surface area contributed by atoms with Crippen LogP contribution in [0.25, 0.3) is 0 Å². The Kier molecular flexibility index (Phi) is 23.1. The van der Waals surface area contributed by atoms with Gasteiger partial charge in [-0.15, -0.1) is 0 Å². The van der Waals surface area contributed by atoms with E-state index in [1.54, 1.807) is 6.08 Å². The Balaban J connectivity index is -0.00000162. The summed E-state index contributed by atoms with van der Waals surface area (Å²) in [6.07, 6.45) is 6.06. The number of nitrogens with zero attached hydrogens (tertiary/aromatic N) is 1. The first-order valence-electron chi connectivity index (χ1n) is 6.31. The Morgan fingerprint density at radius 1 is 1.24 bits per heavy atom. The van der Waals surface area contributed by atoms with Crippen molar-refractivity contribution in [3.05, 3.63) is 12.2 Å². The maximum atomic E-state index is 11.4.